The molecule has 1 aliphatic rings. The fourth-order valence-electron chi connectivity index (χ4n) is 4.80. The number of aromatic nitrogens is 1. The van der Waals surface area contributed by atoms with Crippen molar-refractivity contribution in [3.05, 3.63) is 107 Å². The molecule has 38 heavy (non-hydrogen) atoms. The van der Waals surface area contributed by atoms with E-state index in [1.54, 1.807) is 30.5 Å². The molecule has 190 valence electrons. The number of rotatable bonds is 8. The molecule has 1 amide bonds. The molecule has 0 aliphatic heterocycles. The van der Waals surface area contributed by atoms with Crippen LogP contribution in [0.2, 0.25) is 0 Å². The monoisotopic (exact) mass is 524 g/mol. The van der Waals surface area contributed by atoms with E-state index in [4.69, 9.17) is 4.74 Å². The van der Waals surface area contributed by atoms with Gasteiger partial charge in [-0.1, -0.05) is 72.4 Å². The number of nitrogens with zero attached hydrogens (tertiary/aromatic N) is 1. The van der Waals surface area contributed by atoms with Crippen LogP contribution < -0.4 is 10.8 Å². The maximum atomic E-state index is 12.8. The first kappa shape index (κ1) is 25.7. The van der Waals surface area contributed by atoms with Gasteiger partial charge in [-0.05, 0) is 57.9 Å². The molecular formula is C29H25BN2O5S. The van der Waals surface area contributed by atoms with Crippen molar-refractivity contribution >= 4 is 36.7 Å². The number of alkyl carbamates (subject to hydrolysis) is 1. The molecule has 0 atom stereocenters. The average molecular weight is 524 g/mol. The zero-order valence-corrected chi connectivity index (χ0v) is 21.4. The van der Waals surface area contributed by atoms with Gasteiger partial charge in [0.1, 0.15) is 11.6 Å². The average Bonchev–Trinajstić information content (AvgIpc) is 3.25. The molecule has 0 bridgehead atoms. The molecule has 1 aromatic heterocycles. The Labute approximate surface area is 225 Å². The number of hydrogen-bond donors (Lipinski definition) is 3. The van der Waals surface area contributed by atoms with E-state index in [2.05, 4.69) is 34.6 Å². The molecule has 0 fully saturated rings. The summed E-state index contributed by atoms with van der Waals surface area (Å²) < 4.78 is 5.65. The molecule has 1 aliphatic carbocycles. The second kappa shape index (κ2) is 11.2. The zero-order chi connectivity index (χ0) is 26.6. The molecule has 5 rings (SSSR count). The van der Waals surface area contributed by atoms with E-state index >= 15 is 0 Å². The number of fused-ring (bicyclic) bond motifs is 3. The highest BCUT2D eigenvalue weighted by Gasteiger charge is 2.29. The fourth-order valence-corrected chi connectivity index (χ4v) is 5.82. The molecule has 0 saturated carbocycles. The van der Waals surface area contributed by atoms with Gasteiger partial charge in [-0.25, -0.2) is 9.78 Å². The fraction of sp³-hybridized carbons (Fsp3) is 0.138. The predicted octanol–water partition coefficient (Wildman–Crippen LogP) is 4.07. The van der Waals surface area contributed by atoms with E-state index < -0.39 is 13.2 Å². The van der Waals surface area contributed by atoms with E-state index in [0.717, 1.165) is 39.0 Å². The minimum Gasteiger partial charge on any atom is -0.449 e. The number of hydrogen-bond acceptors (Lipinski definition) is 7. The van der Waals surface area contributed by atoms with Gasteiger partial charge in [0.15, 0.2) is 6.29 Å². The molecule has 1 heterocycles. The van der Waals surface area contributed by atoms with Crippen molar-refractivity contribution in [2.45, 2.75) is 29.3 Å². The van der Waals surface area contributed by atoms with Gasteiger partial charge in [0.25, 0.3) is 0 Å². The van der Waals surface area contributed by atoms with E-state index in [1.165, 1.54) is 11.8 Å². The third-order valence-corrected chi connectivity index (χ3v) is 7.89. The lowest BCUT2D eigenvalue weighted by Crippen LogP contribution is -2.32. The number of benzene rings is 3. The Morgan fingerprint density at radius 1 is 1.05 bits per heavy atom. The largest absolute Gasteiger partial charge is 0.488 e. The maximum Gasteiger partial charge on any atom is 0.488 e. The van der Waals surface area contributed by atoms with E-state index in [1.807, 2.05) is 31.2 Å². The van der Waals surface area contributed by atoms with Crippen LogP contribution >= 0.6 is 11.8 Å². The van der Waals surface area contributed by atoms with Gasteiger partial charge in [-0.2, -0.15) is 0 Å². The number of nitrogens with one attached hydrogen (secondary N) is 1. The first-order valence-corrected chi connectivity index (χ1v) is 12.9. The summed E-state index contributed by atoms with van der Waals surface area (Å²) in [5, 5.41) is 22.8. The number of carbonyl (C=O) groups excluding carboxylic acids is 2. The molecule has 3 aromatic carbocycles. The Morgan fingerprint density at radius 2 is 1.74 bits per heavy atom. The van der Waals surface area contributed by atoms with Crippen LogP contribution in [-0.2, 0) is 11.3 Å². The number of amides is 1. The summed E-state index contributed by atoms with van der Waals surface area (Å²) in [5.41, 5.74) is 6.70. The standard InChI is InChI=1S/C29H25BN2O5S/c1-18-13-21(30(35)36)14-20(27(18)38-28-19(16-33)7-6-12-31-28)15-32-29(34)37-17-26-24-10-4-2-8-22(24)23-9-3-5-11-25(23)26/h2-14,16,26,35-36H,15,17H2,1H3,(H,32,34). The number of pyridine rings is 1. The SMILES string of the molecule is Cc1cc(B(O)O)cc(CNC(=O)OCC2c3ccccc3-c3ccccc32)c1Sc1ncccc1C=O. The van der Waals surface area contributed by atoms with Crippen molar-refractivity contribution in [2.75, 3.05) is 6.61 Å². The number of ether oxygens (including phenoxy) is 1. The number of aldehydes is 1. The van der Waals surface area contributed by atoms with Crippen LogP contribution in [0.5, 0.6) is 0 Å². The summed E-state index contributed by atoms with van der Waals surface area (Å²) in [6.45, 7) is 2.10. The summed E-state index contributed by atoms with van der Waals surface area (Å²) in [6, 6.07) is 22.9. The molecule has 0 unspecified atom stereocenters. The van der Waals surface area contributed by atoms with E-state index in [9.17, 15) is 19.6 Å². The highest BCUT2D eigenvalue weighted by Crippen LogP contribution is 2.44. The predicted molar refractivity (Wildman–Crippen MR) is 147 cm³/mol. The summed E-state index contributed by atoms with van der Waals surface area (Å²) in [4.78, 5) is 29.3. The van der Waals surface area contributed by atoms with Crippen LogP contribution in [-0.4, -0.2) is 41.1 Å². The van der Waals surface area contributed by atoms with Gasteiger partial charge in [-0.15, -0.1) is 0 Å². The first-order valence-electron chi connectivity index (χ1n) is 12.1. The summed E-state index contributed by atoms with van der Waals surface area (Å²) in [5.74, 6) is -0.0553. The summed E-state index contributed by atoms with van der Waals surface area (Å²) >= 11 is 1.28. The first-order chi connectivity index (χ1) is 18.5. The van der Waals surface area contributed by atoms with Gasteiger partial charge >= 0.3 is 13.2 Å². The van der Waals surface area contributed by atoms with Crippen molar-refractivity contribution in [2.24, 2.45) is 0 Å². The van der Waals surface area contributed by atoms with Gasteiger partial charge in [0.2, 0.25) is 0 Å². The molecule has 0 radical (unpaired) electrons. The molecule has 9 heteroatoms. The Morgan fingerprint density at radius 3 is 2.39 bits per heavy atom. The second-order valence-electron chi connectivity index (χ2n) is 9.00. The molecule has 3 N–H and O–H groups in total. The van der Waals surface area contributed by atoms with Crippen molar-refractivity contribution in [1.29, 1.82) is 0 Å². The Hall–Kier alpha value is -3.92. The third kappa shape index (κ3) is 5.22. The van der Waals surface area contributed by atoms with Gasteiger partial charge in [0.05, 0.1) is 0 Å². The van der Waals surface area contributed by atoms with Crippen molar-refractivity contribution in [3.63, 3.8) is 0 Å². The highest BCUT2D eigenvalue weighted by molar-refractivity contribution is 7.99. The third-order valence-electron chi connectivity index (χ3n) is 6.57. The van der Waals surface area contributed by atoms with Gasteiger partial charge in [0, 0.05) is 29.1 Å². The molecule has 4 aromatic rings. The van der Waals surface area contributed by atoms with Crippen LogP contribution in [0, 0.1) is 6.92 Å². The minimum absolute atomic E-state index is 0.0553. The Bertz CT molecular complexity index is 1460. The number of aryl methyl sites for hydroxylation is 1. The van der Waals surface area contributed by atoms with Crippen molar-refractivity contribution < 1.29 is 24.4 Å². The lowest BCUT2D eigenvalue weighted by molar-refractivity contribution is 0.112. The van der Waals surface area contributed by atoms with Crippen LogP contribution in [0.3, 0.4) is 0 Å². The number of carbonyl (C=O) groups is 2. The highest BCUT2D eigenvalue weighted by atomic mass is 32.2. The van der Waals surface area contributed by atoms with Crippen LogP contribution in [0.4, 0.5) is 4.79 Å². The van der Waals surface area contributed by atoms with Crippen molar-refractivity contribution in [1.82, 2.24) is 10.3 Å². The second-order valence-corrected chi connectivity index (χ2v) is 10.00. The molecular weight excluding hydrogens is 499 g/mol. The van der Waals surface area contributed by atoms with Gasteiger partial charge < -0.3 is 20.1 Å². The smallest absolute Gasteiger partial charge is 0.449 e. The molecule has 7 nitrogen and oxygen atoms in total. The lowest BCUT2D eigenvalue weighted by Gasteiger charge is -2.17. The normalized spacial score (nSPS) is 12.0. The maximum absolute atomic E-state index is 12.8. The lowest BCUT2D eigenvalue weighted by atomic mass is 9.78. The van der Waals surface area contributed by atoms with Crippen LogP contribution in [0.25, 0.3) is 11.1 Å². The summed E-state index contributed by atoms with van der Waals surface area (Å²) in [6.07, 6.45) is 1.76. The van der Waals surface area contributed by atoms with Crippen molar-refractivity contribution in [3.8, 4) is 11.1 Å². The summed E-state index contributed by atoms with van der Waals surface area (Å²) in [7, 11) is -1.67. The van der Waals surface area contributed by atoms with Crippen LogP contribution in [0.1, 0.15) is 38.5 Å². The molecule has 0 spiro atoms. The quantitative estimate of drug-likeness (QED) is 0.236. The molecule has 0 saturated heterocycles. The van der Waals surface area contributed by atoms with Crippen LogP contribution in [0.15, 0.2) is 88.9 Å². The topological polar surface area (TPSA) is 109 Å². The van der Waals surface area contributed by atoms with E-state index in [0.29, 0.717) is 21.6 Å². The Balaban J connectivity index is 1.32. The Kier molecular flexibility index (Phi) is 7.60. The van der Waals surface area contributed by atoms with E-state index in [-0.39, 0.29) is 19.1 Å². The zero-order valence-electron chi connectivity index (χ0n) is 20.6. The minimum atomic E-state index is -1.67. The van der Waals surface area contributed by atoms with Gasteiger partial charge in [-0.3, -0.25) is 4.79 Å².